The number of hydrogen-bond acceptors (Lipinski definition) is 6. The van der Waals surface area contributed by atoms with Crippen LogP contribution in [0.3, 0.4) is 0 Å². The van der Waals surface area contributed by atoms with E-state index in [2.05, 4.69) is 50.3 Å². The van der Waals surface area contributed by atoms with E-state index in [1.807, 2.05) is 21.1 Å². The van der Waals surface area contributed by atoms with E-state index in [-0.39, 0.29) is 36.2 Å². The summed E-state index contributed by atoms with van der Waals surface area (Å²) in [6.45, 7) is 4.72. The lowest BCUT2D eigenvalue weighted by molar-refractivity contribution is -0.887. The lowest BCUT2D eigenvalue weighted by Crippen LogP contribution is -2.50. The van der Waals surface area contributed by atoms with Crippen LogP contribution >= 0.6 is 0 Å². The molecular weight excluding hydrogens is 751 g/mol. The number of hydrogen-bond donors (Lipinski definition) is 1. The van der Waals surface area contributed by atoms with Crippen molar-refractivity contribution in [1.82, 2.24) is 0 Å². The summed E-state index contributed by atoms with van der Waals surface area (Å²) in [5.41, 5.74) is 0. The lowest BCUT2D eigenvalue weighted by Gasteiger charge is -2.31. The first-order chi connectivity index (χ1) is 29.1. The van der Waals surface area contributed by atoms with Gasteiger partial charge in [0.2, 0.25) is 0 Å². The second-order valence-corrected chi connectivity index (χ2v) is 18.1. The maximum atomic E-state index is 12.8. The smallest absolute Gasteiger partial charge is 0.362 e. The zero-order valence-electron chi connectivity index (χ0n) is 39.9. The van der Waals surface area contributed by atoms with E-state index in [1.165, 1.54) is 128 Å². The van der Waals surface area contributed by atoms with Gasteiger partial charge >= 0.3 is 17.9 Å². The number of likely N-dealkylation sites (N-methyl/N-ethyl adjacent to an activating group) is 1. The Bertz CT molecular complexity index is 1080. The van der Waals surface area contributed by atoms with Gasteiger partial charge in [-0.3, -0.25) is 9.59 Å². The average molecular weight is 847 g/mol. The molecule has 0 aromatic carbocycles. The quantitative estimate of drug-likeness (QED) is 0.0282. The molecule has 0 aliphatic carbocycles. The van der Waals surface area contributed by atoms with Crippen LogP contribution < -0.4 is 0 Å². The molecule has 0 radical (unpaired) electrons. The van der Waals surface area contributed by atoms with Gasteiger partial charge in [-0.05, 0) is 70.6 Å². The van der Waals surface area contributed by atoms with Gasteiger partial charge in [-0.15, -0.1) is 0 Å². The SMILES string of the molecule is CCCCCCCC/C=C/CCCCCC(=O)OCC(COCCC(C(=O)O)[N+](C)(C)C)OC(=O)CCCCCCCCC/C=C/C/C=C/CCCCCCCCCCC. The molecule has 0 aromatic heterocycles. The van der Waals surface area contributed by atoms with Crippen molar-refractivity contribution in [3.05, 3.63) is 36.5 Å². The van der Waals surface area contributed by atoms with Crippen LogP contribution in [0.25, 0.3) is 0 Å². The zero-order valence-corrected chi connectivity index (χ0v) is 39.9. The predicted octanol–water partition coefficient (Wildman–Crippen LogP) is 14.2. The van der Waals surface area contributed by atoms with E-state index in [0.29, 0.717) is 19.3 Å². The number of aliphatic carboxylic acids is 1. The van der Waals surface area contributed by atoms with Crippen molar-refractivity contribution < 1.29 is 38.2 Å². The van der Waals surface area contributed by atoms with Crippen molar-refractivity contribution in [1.29, 1.82) is 0 Å². The average Bonchev–Trinajstić information content (AvgIpc) is 3.21. The molecule has 0 spiro atoms. The third kappa shape index (κ3) is 40.9. The van der Waals surface area contributed by atoms with Gasteiger partial charge in [-0.2, -0.15) is 0 Å². The summed E-state index contributed by atoms with van der Waals surface area (Å²) in [6.07, 6.45) is 50.5. The Balaban J connectivity index is 4.25. The fourth-order valence-electron chi connectivity index (χ4n) is 7.35. The minimum atomic E-state index is -0.877. The number of quaternary nitrogens is 1. The fraction of sp³-hybridized carbons (Fsp3) is 0.827. The maximum Gasteiger partial charge on any atom is 0.362 e. The zero-order chi connectivity index (χ0) is 44.2. The monoisotopic (exact) mass is 847 g/mol. The summed E-state index contributed by atoms with van der Waals surface area (Å²) in [4.78, 5) is 37.1. The number of esters is 2. The standard InChI is InChI=1S/C52H95NO7/c1-6-8-10-12-14-16-18-20-21-22-23-24-25-26-27-28-29-31-33-35-37-39-41-43-51(55)60-48(46-58-45-44-49(52(56)57)53(3,4)5)47-59-50(54)42-40-38-36-34-32-30-19-17-15-13-11-9-7-2/h23-24,26-27,30,32,48-49H,6-22,25,28-29,31,33-47H2,1-5H3/p+1/b24-23+,27-26+,32-30+. The largest absolute Gasteiger partial charge is 0.477 e. The van der Waals surface area contributed by atoms with Crippen LogP contribution in [0.2, 0.25) is 0 Å². The Labute approximate surface area is 370 Å². The van der Waals surface area contributed by atoms with Gasteiger partial charge in [0.15, 0.2) is 12.1 Å². The Morgan fingerprint density at radius 2 is 0.883 bits per heavy atom. The van der Waals surface area contributed by atoms with E-state index in [4.69, 9.17) is 14.2 Å². The molecule has 0 saturated carbocycles. The van der Waals surface area contributed by atoms with E-state index >= 15 is 0 Å². The number of carbonyl (C=O) groups excluding carboxylic acids is 2. The lowest BCUT2D eigenvalue weighted by atomic mass is 10.1. The number of carbonyl (C=O) groups is 3. The molecule has 0 rings (SSSR count). The van der Waals surface area contributed by atoms with Crippen molar-refractivity contribution >= 4 is 17.9 Å². The Morgan fingerprint density at radius 3 is 1.32 bits per heavy atom. The molecule has 0 heterocycles. The number of ether oxygens (including phenoxy) is 3. The van der Waals surface area contributed by atoms with E-state index in [0.717, 1.165) is 64.2 Å². The van der Waals surface area contributed by atoms with E-state index in [1.54, 1.807) is 0 Å². The molecular formula is C52H96NO7+. The maximum absolute atomic E-state index is 12.8. The van der Waals surface area contributed by atoms with Gasteiger partial charge in [0, 0.05) is 19.3 Å². The Kier molecular flexibility index (Phi) is 41.4. The predicted molar refractivity (Wildman–Crippen MR) is 252 cm³/mol. The van der Waals surface area contributed by atoms with Gasteiger partial charge in [-0.25, -0.2) is 4.79 Å². The number of carboxylic acids is 1. The van der Waals surface area contributed by atoms with E-state index < -0.39 is 18.1 Å². The summed E-state index contributed by atoms with van der Waals surface area (Å²) >= 11 is 0. The van der Waals surface area contributed by atoms with Crippen LogP contribution in [-0.2, 0) is 28.6 Å². The molecule has 2 unspecified atom stereocenters. The number of unbranched alkanes of at least 4 members (excludes halogenated alkanes) is 25. The van der Waals surface area contributed by atoms with Crippen molar-refractivity contribution in [2.45, 2.75) is 238 Å². The second-order valence-electron chi connectivity index (χ2n) is 18.1. The normalized spacial score (nSPS) is 13.2. The first-order valence-electron chi connectivity index (χ1n) is 25.0. The molecule has 60 heavy (non-hydrogen) atoms. The first-order valence-corrected chi connectivity index (χ1v) is 25.0. The fourth-order valence-corrected chi connectivity index (χ4v) is 7.35. The summed E-state index contributed by atoms with van der Waals surface area (Å²) in [5, 5.41) is 9.64. The highest BCUT2D eigenvalue weighted by atomic mass is 16.6. The van der Waals surface area contributed by atoms with Crippen molar-refractivity contribution in [2.75, 3.05) is 41.0 Å². The third-order valence-corrected chi connectivity index (χ3v) is 11.3. The summed E-state index contributed by atoms with van der Waals surface area (Å²) in [5.74, 6) is -1.49. The minimum absolute atomic E-state index is 0.0544. The molecule has 0 bridgehead atoms. The van der Waals surface area contributed by atoms with Crippen molar-refractivity contribution in [2.24, 2.45) is 0 Å². The highest BCUT2D eigenvalue weighted by Gasteiger charge is 2.31. The summed E-state index contributed by atoms with van der Waals surface area (Å²) in [6, 6.07) is -0.618. The van der Waals surface area contributed by atoms with Crippen LogP contribution in [0.4, 0.5) is 0 Å². The summed E-state index contributed by atoms with van der Waals surface area (Å²) < 4.78 is 17.3. The number of carboxylic acid groups (broad SMARTS) is 1. The first kappa shape index (κ1) is 57.5. The minimum Gasteiger partial charge on any atom is -0.477 e. The van der Waals surface area contributed by atoms with Gasteiger partial charge in [0.1, 0.15) is 6.61 Å². The number of nitrogens with zero attached hydrogens (tertiary/aromatic N) is 1. The third-order valence-electron chi connectivity index (χ3n) is 11.3. The molecule has 2 atom stereocenters. The van der Waals surface area contributed by atoms with E-state index in [9.17, 15) is 19.5 Å². The van der Waals surface area contributed by atoms with Crippen LogP contribution in [0.1, 0.15) is 226 Å². The van der Waals surface area contributed by atoms with Gasteiger partial charge in [-0.1, -0.05) is 172 Å². The van der Waals surface area contributed by atoms with Crippen molar-refractivity contribution in [3.8, 4) is 0 Å². The molecule has 8 nitrogen and oxygen atoms in total. The highest BCUT2D eigenvalue weighted by molar-refractivity contribution is 5.72. The molecule has 0 aliphatic heterocycles. The number of rotatable bonds is 45. The molecule has 350 valence electrons. The highest BCUT2D eigenvalue weighted by Crippen LogP contribution is 2.14. The van der Waals surface area contributed by atoms with Crippen LogP contribution in [0, 0.1) is 0 Å². The van der Waals surface area contributed by atoms with Gasteiger partial charge < -0.3 is 23.8 Å². The second kappa shape index (κ2) is 43.2. The van der Waals surface area contributed by atoms with Crippen molar-refractivity contribution in [3.63, 3.8) is 0 Å². The van der Waals surface area contributed by atoms with Crippen LogP contribution in [0.5, 0.6) is 0 Å². The molecule has 0 saturated heterocycles. The Hall–Kier alpha value is -2.45. The molecule has 1 N–H and O–H groups in total. The van der Waals surface area contributed by atoms with Gasteiger partial charge in [0.05, 0.1) is 34.4 Å². The molecule has 8 heteroatoms. The van der Waals surface area contributed by atoms with Crippen LogP contribution in [0.15, 0.2) is 36.5 Å². The van der Waals surface area contributed by atoms with Crippen LogP contribution in [-0.4, -0.2) is 80.6 Å². The topological polar surface area (TPSA) is 99.1 Å². The molecule has 0 aromatic rings. The summed E-state index contributed by atoms with van der Waals surface area (Å²) in [7, 11) is 5.53. The molecule has 0 fully saturated rings. The molecule has 0 amide bonds. The molecule has 0 aliphatic rings. The van der Waals surface area contributed by atoms with Gasteiger partial charge in [0.25, 0.3) is 0 Å². The number of allylic oxidation sites excluding steroid dienone is 6. The Morgan fingerprint density at radius 1 is 0.500 bits per heavy atom.